The molecule has 3 N–H and O–H groups in total. The van der Waals surface area contributed by atoms with Crippen LogP contribution in [0.25, 0.3) is 0 Å². The van der Waals surface area contributed by atoms with Gasteiger partial charge < -0.3 is 20.3 Å². The average molecular weight is 220 g/mol. The van der Waals surface area contributed by atoms with Gasteiger partial charge >= 0.3 is 0 Å². The Hall–Kier alpha value is -2.24. The molecule has 16 heavy (non-hydrogen) atoms. The van der Waals surface area contributed by atoms with E-state index in [0.29, 0.717) is 23.9 Å². The van der Waals surface area contributed by atoms with Gasteiger partial charge in [0.05, 0.1) is 25.5 Å². The molecule has 0 aromatic carbocycles. The van der Waals surface area contributed by atoms with Gasteiger partial charge in [-0.2, -0.15) is 4.98 Å². The van der Waals surface area contributed by atoms with E-state index in [9.17, 15) is 0 Å². The number of nitrogens with zero attached hydrogens (tertiary/aromatic N) is 2. The first-order valence-corrected chi connectivity index (χ1v) is 4.73. The number of aromatic nitrogens is 2. The number of methoxy groups -OCH3 is 1. The monoisotopic (exact) mass is 220 g/mol. The summed E-state index contributed by atoms with van der Waals surface area (Å²) in [6.07, 6.45) is 1.59. The summed E-state index contributed by atoms with van der Waals surface area (Å²) >= 11 is 0. The van der Waals surface area contributed by atoms with Crippen LogP contribution < -0.4 is 15.8 Å². The fraction of sp³-hybridized carbons (Fsp3) is 0.200. The minimum atomic E-state index is 0.405. The third-order valence-corrected chi connectivity index (χ3v) is 2.02. The smallest absolute Gasteiger partial charge is 0.238 e. The number of nitrogen functional groups attached to an aromatic ring is 1. The summed E-state index contributed by atoms with van der Waals surface area (Å²) in [6.45, 7) is 0.514. The number of nitrogens with two attached hydrogens (primary N) is 1. The van der Waals surface area contributed by atoms with Gasteiger partial charge in [0.1, 0.15) is 5.82 Å². The second kappa shape index (κ2) is 4.52. The maximum absolute atomic E-state index is 5.65. The Morgan fingerprint density at radius 1 is 1.44 bits per heavy atom. The summed E-state index contributed by atoms with van der Waals surface area (Å²) in [5.41, 5.74) is 6.15. The van der Waals surface area contributed by atoms with E-state index < -0.39 is 0 Å². The molecule has 84 valence electrons. The first kappa shape index (κ1) is 10.3. The molecule has 0 spiro atoms. The lowest BCUT2D eigenvalue weighted by atomic mass is 10.4. The molecule has 0 atom stereocenters. The Morgan fingerprint density at radius 3 is 3.00 bits per heavy atom. The van der Waals surface area contributed by atoms with Crippen molar-refractivity contribution in [3.63, 3.8) is 0 Å². The van der Waals surface area contributed by atoms with E-state index in [4.69, 9.17) is 15.0 Å². The summed E-state index contributed by atoms with van der Waals surface area (Å²) in [6, 6.07) is 5.28. The van der Waals surface area contributed by atoms with E-state index in [-0.39, 0.29) is 0 Å². The van der Waals surface area contributed by atoms with Crippen LogP contribution in [0.4, 0.5) is 11.5 Å². The average Bonchev–Trinajstić information content (AvgIpc) is 2.81. The Bertz CT molecular complexity index is 456. The fourth-order valence-corrected chi connectivity index (χ4v) is 1.22. The fourth-order valence-electron chi connectivity index (χ4n) is 1.22. The van der Waals surface area contributed by atoms with Gasteiger partial charge in [0, 0.05) is 6.07 Å². The van der Waals surface area contributed by atoms with Crippen LogP contribution in [0.2, 0.25) is 0 Å². The van der Waals surface area contributed by atoms with E-state index >= 15 is 0 Å². The summed E-state index contributed by atoms with van der Waals surface area (Å²) in [5.74, 6) is 1.81. The molecule has 2 rings (SSSR count). The molecule has 2 heterocycles. The number of rotatable bonds is 4. The molecular weight excluding hydrogens is 208 g/mol. The van der Waals surface area contributed by atoms with Gasteiger partial charge in [-0.15, -0.1) is 0 Å². The SMILES string of the molecule is COc1nc(NCc2ccno2)ccc1N. The van der Waals surface area contributed by atoms with Crippen molar-refractivity contribution in [2.45, 2.75) is 6.54 Å². The van der Waals surface area contributed by atoms with Crippen molar-refractivity contribution in [3.8, 4) is 5.88 Å². The number of ether oxygens (including phenoxy) is 1. The maximum atomic E-state index is 5.65. The highest BCUT2D eigenvalue weighted by molar-refractivity contribution is 5.53. The van der Waals surface area contributed by atoms with Crippen molar-refractivity contribution in [1.82, 2.24) is 10.1 Å². The highest BCUT2D eigenvalue weighted by atomic mass is 16.5. The van der Waals surface area contributed by atoms with Crippen molar-refractivity contribution in [2.24, 2.45) is 0 Å². The quantitative estimate of drug-likeness (QED) is 0.807. The minimum absolute atomic E-state index is 0.405. The van der Waals surface area contributed by atoms with Crippen molar-refractivity contribution >= 4 is 11.5 Å². The van der Waals surface area contributed by atoms with E-state index in [0.717, 1.165) is 5.76 Å². The molecule has 6 nitrogen and oxygen atoms in total. The molecule has 2 aromatic rings. The molecule has 0 aliphatic heterocycles. The van der Waals surface area contributed by atoms with Crippen LogP contribution >= 0.6 is 0 Å². The zero-order valence-electron chi connectivity index (χ0n) is 8.80. The molecule has 6 heteroatoms. The van der Waals surface area contributed by atoms with Gasteiger partial charge in [-0.3, -0.25) is 0 Å². The molecule has 0 saturated carbocycles. The number of anilines is 2. The van der Waals surface area contributed by atoms with Gasteiger partial charge in [0.2, 0.25) is 5.88 Å². The number of pyridine rings is 1. The maximum Gasteiger partial charge on any atom is 0.238 e. The molecule has 0 radical (unpaired) electrons. The van der Waals surface area contributed by atoms with E-state index in [1.54, 1.807) is 24.4 Å². The lowest BCUT2D eigenvalue weighted by molar-refractivity contribution is 0.387. The van der Waals surface area contributed by atoms with Crippen molar-refractivity contribution < 1.29 is 9.26 Å². The summed E-state index contributed by atoms with van der Waals surface area (Å²) < 4.78 is 9.95. The van der Waals surface area contributed by atoms with Crippen molar-refractivity contribution in [3.05, 3.63) is 30.2 Å². The van der Waals surface area contributed by atoms with E-state index in [2.05, 4.69) is 15.5 Å². The minimum Gasteiger partial charge on any atom is -0.479 e. The Labute approximate surface area is 92.4 Å². The number of hydrogen-bond acceptors (Lipinski definition) is 6. The summed E-state index contributed by atoms with van der Waals surface area (Å²) in [4.78, 5) is 4.17. The lowest BCUT2D eigenvalue weighted by Gasteiger charge is -2.07. The standard InChI is InChI=1S/C10H12N4O2/c1-15-10-8(11)2-3-9(14-10)12-6-7-4-5-13-16-7/h2-5H,6,11H2,1H3,(H,12,14). The third-order valence-electron chi connectivity index (χ3n) is 2.02. The molecular formula is C10H12N4O2. The second-order valence-electron chi connectivity index (χ2n) is 3.13. The molecule has 2 aromatic heterocycles. The Morgan fingerprint density at radius 2 is 2.31 bits per heavy atom. The second-order valence-corrected chi connectivity index (χ2v) is 3.13. The Balaban J connectivity index is 2.04. The van der Waals surface area contributed by atoms with Crippen LogP contribution in [0.1, 0.15) is 5.76 Å². The predicted molar refractivity (Wildman–Crippen MR) is 59.0 cm³/mol. The molecule has 0 unspecified atom stereocenters. The zero-order chi connectivity index (χ0) is 11.4. The summed E-state index contributed by atoms with van der Waals surface area (Å²) in [5, 5.41) is 6.67. The van der Waals surface area contributed by atoms with Crippen LogP contribution in [0, 0.1) is 0 Å². The van der Waals surface area contributed by atoms with Gasteiger partial charge in [0.15, 0.2) is 5.76 Å². The van der Waals surface area contributed by atoms with Gasteiger partial charge in [-0.05, 0) is 12.1 Å². The highest BCUT2D eigenvalue weighted by Gasteiger charge is 2.03. The summed E-state index contributed by atoms with van der Waals surface area (Å²) in [7, 11) is 1.53. The highest BCUT2D eigenvalue weighted by Crippen LogP contribution is 2.20. The zero-order valence-corrected chi connectivity index (χ0v) is 8.80. The van der Waals surface area contributed by atoms with Crippen molar-refractivity contribution in [2.75, 3.05) is 18.2 Å². The predicted octanol–water partition coefficient (Wildman–Crippen LogP) is 1.27. The van der Waals surface area contributed by atoms with E-state index in [1.807, 2.05) is 0 Å². The van der Waals surface area contributed by atoms with Crippen LogP contribution in [-0.2, 0) is 6.54 Å². The van der Waals surface area contributed by atoms with Crippen molar-refractivity contribution in [1.29, 1.82) is 0 Å². The topological polar surface area (TPSA) is 86.2 Å². The largest absolute Gasteiger partial charge is 0.479 e. The molecule has 0 amide bonds. The first-order valence-electron chi connectivity index (χ1n) is 4.73. The van der Waals surface area contributed by atoms with Gasteiger partial charge in [0.25, 0.3) is 0 Å². The molecule has 0 saturated heterocycles. The van der Waals surface area contributed by atoms with Crippen LogP contribution in [0.5, 0.6) is 5.88 Å². The molecule has 0 fully saturated rings. The lowest BCUT2D eigenvalue weighted by Crippen LogP contribution is -2.03. The molecule has 0 aliphatic rings. The molecule has 0 bridgehead atoms. The number of hydrogen-bond donors (Lipinski definition) is 2. The van der Waals surface area contributed by atoms with Crippen LogP contribution in [0.15, 0.2) is 28.9 Å². The van der Waals surface area contributed by atoms with Crippen LogP contribution in [0.3, 0.4) is 0 Å². The normalized spacial score (nSPS) is 10.1. The third kappa shape index (κ3) is 2.22. The van der Waals surface area contributed by atoms with Gasteiger partial charge in [-0.1, -0.05) is 5.16 Å². The number of nitrogens with one attached hydrogen (secondary N) is 1. The van der Waals surface area contributed by atoms with Gasteiger partial charge in [-0.25, -0.2) is 0 Å². The first-order chi connectivity index (χ1) is 7.79. The Kier molecular flexibility index (Phi) is 2.90. The molecule has 0 aliphatic carbocycles. The van der Waals surface area contributed by atoms with E-state index in [1.165, 1.54) is 7.11 Å². The van der Waals surface area contributed by atoms with Crippen LogP contribution in [-0.4, -0.2) is 17.3 Å².